The molecule has 0 aromatic heterocycles. The van der Waals surface area contributed by atoms with Gasteiger partial charge in [0.05, 0.1) is 0 Å². The molecule has 3 rings (SSSR count). The summed E-state index contributed by atoms with van der Waals surface area (Å²) >= 11 is 3.64. The van der Waals surface area contributed by atoms with Crippen LogP contribution in [0.15, 0.2) is 16.6 Å². The lowest BCUT2D eigenvalue weighted by Crippen LogP contribution is -2.40. The van der Waals surface area contributed by atoms with E-state index < -0.39 is 0 Å². The minimum Gasteiger partial charge on any atom is -0.486 e. The average molecular weight is 397 g/mol. The summed E-state index contributed by atoms with van der Waals surface area (Å²) in [5.74, 6) is 2.02. The van der Waals surface area contributed by atoms with Crippen LogP contribution < -0.4 is 14.8 Å². The van der Waals surface area contributed by atoms with Crippen LogP contribution in [-0.2, 0) is 11.3 Å². The Morgan fingerprint density at radius 1 is 1.25 bits per heavy atom. The van der Waals surface area contributed by atoms with Crippen LogP contribution in [0.2, 0.25) is 0 Å². The molecule has 2 aliphatic rings. The van der Waals surface area contributed by atoms with Crippen LogP contribution in [0.1, 0.15) is 31.7 Å². The highest BCUT2D eigenvalue weighted by Crippen LogP contribution is 2.36. The van der Waals surface area contributed by atoms with Crippen molar-refractivity contribution in [2.45, 2.75) is 32.7 Å². The van der Waals surface area contributed by atoms with Crippen molar-refractivity contribution in [3.8, 4) is 11.5 Å². The SMILES string of the molecule is CCCNC(=O)C1CCN(Cc2cc3c(cc2Br)OCCO3)CC1. The lowest BCUT2D eigenvalue weighted by Gasteiger charge is -2.31. The number of rotatable bonds is 5. The number of likely N-dealkylation sites (tertiary alicyclic amines) is 1. The molecule has 6 heteroatoms. The second kappa shape index (κ2) is 8.21. The highest BCUT2D eigenvalue weighted by molar-refractivity contribution is 9.10. The molecule has 1 saturated heterocycles. The Bertz CT molecular complexity index is 586. The first kappa shape index (κ1) is 17.5. The van der Waals surface area contributed by atoms with Crippen molar-refractivity contribution in [1.82, 2.24) is 10.2 Å². The zero-order valence-corrected chi connectivity index (χ0v) is 15.7. The maximum atomic E-state index is 12.1. The van der Waals surface area contributed by atoms with Crippen LogP contribution in [0.4, 0.5) is 0 Å². The van der Waals surface area contributed by atoms with Gasteiger partial charge in [-0.05, 0) is 50.0 Å². The van der Waals surface area contributed by atoms with Crippen LogP contribution in [-0.4, -0.2) is 43.7 Å². The van der Waals surface area contributed by atoms with Gasteiger partial charge < -0.3 is 14.8 Å². The van der Waals surface area contributed by atoms with E-state index in [4.69, 9.17) is 9.47 Å². The summed E-state index contributed by atoms with van der Waals surface area (Å²) in [6, 6.07) is 4.06. The molecule has 2 heterocycles. The van der Waals surface area contributed by atoms with Gasteiger partial charge in [0.1, 0.15) is 13.2 Å². The number of halogens is 1. The molecule has 0 unspecified atom stereocenters. The summed E-state index contributed by atoms with van der Waals surface area (Å²) in [6.07, 6.45) is 2.85. The molecule has 0 aliphatic carbocycles. The van der Waals surface area contributed by atoms with Gasteiger partial charge in [-0.15, -0.1) is 0 Å². The normalized spacial score (nSPS) is 18.4. The standard InChI is InChI=1S/C18H25BrN2O3/c1-2-5-20-18(22)13-3-6-21(7-4-13)12-14-10-16-17(11-15(14)19)24-9-8-23-16/h10-11,13H,2-9,12H2,1H3,(H,20,22). The first-order chi connectivity index (χ1) is 11.7. The van der Waals surface area contributed by atoms with Crippen molar-refractivity contribution in [3.05, 3.63) is 22.2 Å². The molecular weight excluding hydrogens is 372 g/mol. The number of nitrogens with one attached hydrogen (secondary N) is 1. The minimum atomic E-state index is 0.163. The van der Waals surface area contributed by atoms with Crippen LogP contribution in [0, 0.1) is 5.92 Å². The number of carbonyl (C=O) groups is 1. The molecule has 5 nitrogen and oxygen atoms in total. The van der Waals surface area contributed by atoms with Gasteiger partial charge in [0, 0.05) is 23.5 Å². The predicted octanol–water partition coefficient (Wildman–Crippen LogP) is 2.96. The summed E-state index contributed by atoms with van der Waals surface area (Å²) in [6.45, 7) is 6.83. The zero-order valence-electron chi connectivity index (χ0n) is 14.1. The molecule has 2 aliphatic heterocycles. The van der Waals surface area contributed by atoms with Gasteiger partial charge in [-0.2, -0.15) is 0 Å². The zero-order chi connectivity index (χ0) is 16.9. The lowest BCUT2D eigenvalue weighted by atomic mass is 9.95. The summed E-state index contributed by atoms with van der Waals surface area (Å²) in [5.41, 5.74) is 1.20. The van der Waals surface area contributed by atoms with E-state index in [-0.39, 0.29) is 11.8 Å². The number of fused-ring (bicyclic) bond motifs is 1. The van der Waals surface area contributed by atoms with Crippen molar-refractivity contribution in [1.29, 1.82) is 0 Å². The van der Waals surface area contributed by atoms with E-state index >= 15 is 0 Å². The first-order valence-corrected chi connectivity index (χ1v) is 9.54. The lowest BCUT2D eigenvalue weighted by molar-refractivity contribution is -0.126. The fraction of sp³-hybridized carbons (Fsp3) is 0.611. The number of benzene rings is 1. The Hall–Kier alpha value is -1.27. The Balaban J connectivity index is 1.55. The molecule has 0 radical (unpaired) electrons. The van der Waals surface area contributed by atoms with E-state index in [9.17, 15) is 4.79 Å². The van der Waals surface area contributed by atoms with E-state index in [1.54, 1.807) is 0 Å². The third-order valence-electron chi connectivity index (χ3n) is 4.61. The second-order valence-corrected chi connectivity index (χ2v) is 7.28. The topological polar surface area (TPSA) is 50.8 Å². The maximum absolute atomic E-state index is 12.1. The minimum absolute atomic E-state index is 0.163. The quantitative estimate of drug-likeness (QED) is 0.830. The van der Waals surface area contributed by atoms with Crippen molar-refractivity contribution in [2.24, 2.45) is 5.92 Å². The number of piperidine rings is 1. The molecule has 0 atom stereocenters. The molecule has 1 N–H and O–H groups in total. The third kappa shape index (κ3) is 4.22. The Kier molecular flexibility index (Phi) is 6.00. The van der Waals surface area contributed by atoms with Crippen LogP contribution in [0.3, 0.4) is 0 Å². The van der Waals surface area contributed by atoms with Crippen molar-refractivity contribution < 1.29 is 14.3 Å². The Morgan fingerprint density at radius 2 is 1.92 bits per heavy atom. The van der Waals surface area contributed by atoms with Crippen molar-refractivity contribution in [2.75, 3.05) is 32.8 Å². The monoisotopic (exact) mass is 396 g/mol. The van der Waals surface area contributed by atoms with Crippen LogP contribution in [0.5, 0.6) is 11.5 Å². The average Bonchev–Trinajstić information content (AvgIpc) is 2.61. The predicted molar refractivity (Wildman–Crippen MR) is 96.4 cm³/mol. The Morgan fingerprint density at radius 3 is 2.58 bits per heavy atom. The van der Waals surface area contributed by atoms with Gasteiger partial charge in [0.15, 0.2) is 11.5 Å². The maximum Gasteiger partial charge on any atom is 0.223 e. The number of nitrogens with zero attached hydrogens (tertiary/aromatic N) is 1. The smallest absolute Gasteiger partial charge is 0.223 e. The van der Waals surface area contributed by atoms with E-state index in [1.165, 1.54) is 5.56 Å². The van der Waals surface area contributed by atoms with Crippen molar-refractivity contribution in [3.63, 3.8) is 0 Å². The van der Waals surface area contributed by atoms with Crippen molar-refractivity contribution >= 4 is 21.8 Å². The molecule has 0 bridgehead atoms. The summed E-state index contributed by atoms with van der Waals surface area (Å²) < 4.78 is 12.3. The molecule has 0 saturated carbocycles. The summed E-state index contributed by atoms with van der Waals surface area (Å²) in [5, 5.41) is 3.01. The summed E-state index contributed by atoms with van der Waals surface area (Å²) in [4.78, 5) is 14.5. The van der Waals surface area contributed by atoms with Gasteiger partial charge in [-0.3, -0.25) is 9.69 Å². The Labute approximate surface area is 151 Å². The molecule has 24 heavy (non-hydrogen) atoms. The van der Waals surface area contributed by atoms with Gasteiger partial charge in [-0.25, -0.2) is 0 Å². The molecule has 1 amide bonds. The van der Waals surface area contributed by atoms with E-state index in [0.29, 0.717) is 13.2 Å². The van der Waals surface area contributed by atoms with Gasteiger partial charge in [0.25, 0.3) is 0 Å². The van der Waals surface area contributed by atoms with Crippen LogP contribution >= 0.6 is 15.9 Å². The number of carbonyl (C=O) groups excluding carboxylic acids is 1. The number of amides is 1. The molecule has 1 aromatic rings. The first-order valence-electron chi connectivity index (χ1n) is 8.75. The second-order valence-electron chi connectivity index (χ2n) is 6.43. The number of ether oxygens (including phenoxy) is 2. The van der Waals surface area contributed by atoms with Gasteiger partial charge >= 0.3 is 0 Å². The van der Waals surface area contributed by atoms with Crippen LogP contribution in [0.25, 0.3) is 0 Å². The molecule has 132 valence electrons. The molecular formula is C18H25BrN2O3. The molecule has 1 aromatic carbocycles. The highest BCUT2D eigenvalue weighted by atomic mass is 79.9. The van der Waals surface area contributed by atoms with E-state index in [1.807, 2.05) is 6.07 Å². The van der Waals surface area contributed by atoms with E-state index in [0.717, 1.165) is 61.4 Å². The molecule has 1 fully saturated rings. The third-order valence-corrected chi connectivity index (χ3v) is 5.35. The number of hydrogen-bond donors (Lipinski definition) is 1. The van der Waals surface area contributed by atoms with E-state index in [2.05, 4.69) is 39.1 Å². The van der Waals surface area contributed by atoms with Gasteiger partial charge in [-0.1, -0.05) is 22.9 Å². The fourth-order valence-electron chi connectivity index (χ4n) is 3.21. The highest BCUT2D eigenvalue weighted by Gasteiger charge is 2.25. The largest absolute Gasteiger partial charge is 0.486 e. The fourth-order valence-corrected chi connectivity index (χ4v) is 3.66. The van der Waals surface area contributed by atoms with Gasteiger partial charge in [0.2, 0.25) is 5.91 Å². The number of hydrogen-bond acceptors (Lipinski definition) is 4. The molecule has 0 spiro atoms. The summed E-state index contributed by atoms with van der Waals surface area (Å²) in [7, 11) is 0.